The predicted molar refractivity (Wildman–Crippen MR) is 49.0 cm³/mol. The summed E-state index contributed by atoms with van der Waals surface area (Å²) in [6.45, 7) is 1.02. The van der Waals surface area contributed by atoms with Crippen LogP contribution >= 0.6 is 0 Å². The molecule has 0 radical (unpaired) electrons. The van der Waals surface area contributed by atoms with E-state index in [0.717, 1.165) is 6.92 Å². The first-order valence-corrected chi connectivity index (χ1v) is 4.12. The lowest BCUT2D eigenvalue weighted by Crippen LogP contribution is -2.32. The number of carboxylic acid groups (broad SMARTS) is 1. The Kier molecular flexibility index (Phi) is 2.74. The van der Waals surface area contributed by atoms with Crippen LogP contribution in [0.15, 0.2) is 24.3 Å². The molecule has 0 saturated heterocycles. The molecule has 76 valence electrons. The average molecular weight is 198 g/mol. The number of alkyl halides is 1. The molecule has 0 heterocycles. The molecule has 0 saturated carbocycles. The van der Waals surface area contributed by atoms with Crippen LogP contribution in [0.25, 0.3) is 0 Å². The van der Waals surface area contributed by atoms with Crippen molar-refractivity contribution in [1.29, 1.82) is 0 Å². The van der Waals surface area contributed by atoms with Crippen molar-refractivity contribution in [3.05, 3.63) is 29.8 Å². The molecular weight excluding hydrogens is 187 g/mol. The number of benzene rings is 1. The summed E-state index contributed by atoms with van der Waals surface area (Å²) in [6, 6.07) is 5.78. The van der Waals surface area contributed by atoms with Crippen molar-refractivity contribution in [3.63, 3.8) is 0 Å². The van der Waals surface area contributed by atoms with E-state index >= 15 is 0 Å². The number of aromatic hydroxyl groups is 1. The second-order valence-electron chi connectivity index (χ2n) is 3.35. The third-order valence-electron chi connectivity index (χ3n) is 1.92. The van der Waals surface area contributed by atoms with E-state index in [1.165, 1.54) is 24.3 Å². The van der Waals surface area contributed by atoms with E-state index in [1.807, 2.05) is 0 Å². The first kappa shape index (κ1) is 10.5. The molecular formula is C10H11FO3. The Morgan fingerprint density at radius 3 is 2.36 bits per heavy atom. The molecule has 0 aliphatic heterocycles. The minimum absolute atomic E-state index is 0.0737. The second-order valence-corrected chi connectivity index (χ2v) is 3.35. The van der Waals surface area contributed by atoms with Gasteiger partial charge in [0.1, 0.15) is 5.75 Å². The van der Waals surface area contributed by atoms with Crippen LogP contribution in [-0.2, 0) is 11.2 Å². The minimum atomic E-state index is -2.27. The SMILES string of the molecule is CC(F)(Cc1ccc(O)cc1)C(=O)O. The Hall–Kier alpha value is -1.58. The summed E-state index contributed by atoms with van der Waals surface area (Å²) in [5, 5.41) is 17.5. The van der Waals surface area contributed by atoms with E-state index in [9.17, 15) is 9.18 Å². The van der Waals surface area contributed by atoms with E-state index in [4.69, 9.17) is 10.2 Å². The lowest BCUT2D eigenvalue weighted by atomic mass is 9.98. The van der Waals surface area contributed by atoms with Crippen LogP contribution in [0.2, 0.25) is 0 Å². The van der Waals surface area contributed by atoms with E-state index in [0.29, 0.717) is 5.56 Å². The number of phenols is 1. The normalized spacial score (nSPS) is 14.7. The molecule has 0 aliphatic carbocycles. The zero-order chi connectivity index (χ0) is 10.8. The molecule has 1 aromatic carbocycles. The monoisotopic (exact) mass is 198 g/mol. The maximum atomic E-state index is 13.3. The topological polar surface area (TPSA) is 57.5 Å². The predicted octanol–water partition coefficient (Wildman–Crippen LogP) is 1.75. The van der Waals surface area contributed by atoms with Crippen LogP contribution in [0.1, 0.15) is 12.5 Å². The van der Waals surface area contributed by atoms with Gasteiger partial charge in [-0.25, -0.2) is 9.18 Å². The first-order chi connectivity index (χ1) is 6.42. The van der Waals surface area contributed by atoms with Gasteiger partial charge in [-0.15, -0.1) is 0 Å². The molecule has 14 heavy (non-hydrogen) atoms. The highest BCUT2D eigenvalue weighted by atomic mass is 19.1. The highest BCUT2D eigenvalue weighted by molar-refractivity contribution is 5.77. The number of aliphatic carboxylic acids is 1. The molecule has 1 atom stereocenters. The number of hydrogen-bond donors (Lipinski definition) is 2. The molecule has 0 amide bonds. The summed E-state index contributed by atoms with van der Waals surface area (Å²) >= 11 is 0. The van der Waals surface area contributed by atoms with Gasteiger partial charge in [-0.2, -0.15) is 0 Å². The zero-order valence-electron chi connectivity index (χ0n) is 7.70. The molecule has 0 bridgehead atoms. The van der Waals surface area contributed by atoms with E-state index in [1.54, 1.807) is 0 Å². The number of rotatable bonds is 3. The molecule has 3 nitrogen and oxygen atoms in total. The van der Waals surface area contributed by atoms with E-state index in [2.05, 4.69) is 0 Å². The molecule has 1 aromatic rings. The maximum Gasteiger partial charge on any atom is 0.341 e. The standard InChI is InChI=1S/C10H11FO3/c1-10(11,9(13)14)6-7-2-4-8(12)5-3-7/h2-5,12H,6H2,1H3,(H,13,14). The van der Waals surface area contributed by atoms with Gasteiger partial charge in [0.15, 0.2) is 0 Å². The van der Waals surface area contributed by atoms with Crippen LogP contribution < -0.4 is 0 Å². The third-order valence-corrected chi connectivity index (χ3v) is 1.92. The van der Waals surface area contributed by atoms with Gasteiger partial charge in [0, 0.05) is 6.42 Å². The Morgan fingerprint density at radius 2 is 1.93 bits per heavy atom. The molecule has 1 unspecified atom stereocenters. The van der Waals surface area contributed by atoms with Crippen molar-refractivity contribution in [2.24, 2.45) is 0 Å². The van der Waals surface area contributed by atoms with E-state index < -0.39 is 11.6 Å². The van der Waals surface area contributed by atoms with Crippen molar-refractivity contribution in [1.82, 2.24) is 0 Å². The van der Waals surface area contributed by atoms with Gasteiger partial charge in [0.25, 0.3) is 0 Å². The quantitative estimate of drug-likeness (QED) is 0.777. The fraction of sp³-hybridized carbons (Fsp3) is 0.300. The van der Waals surface area contributed by atoms with Gasteiger partial charge in [0.2, 0.25) is 5.67 Å². The lowest BCUT2D eigenvalue weighted by Gasteiger charge is -2.14. The first-order valence-electron chi connectivity index (χ1n) is 4.12. The fourth-order valence-electron chi connectivity index (χ4n) is 1.07. The van der Waals surface area contributed by atoms with Gasteiger partial charge < -0.3 is 10.2 Å². The minimum Gasteiger partial charge on any atom is -0.508 e. The van der Waals surface area contributed by atoms with Crippen molar-refractivity contribution in [2.45, 2.75) is 19.0 Å². The van der Waals surface area contributed by atoms with Gasteiger partial charge in [-0.1, -0.05) is 12.1 Å². The number of carbonyl (C=O) groups is 1. The molecule has 4 heteroatoms. The molecule has 1 rings (SSSR count). The summed E-state index contributed by atoms with van der Waals surface area (Å²) in [7, 11) is 0. The number of halogens is 1. The summed E-state index contributed by atoms with van der Waals surface area (Å²) < 4.78 is 13.3. The van der Waals surface area contributed by atoms with Crippen LogP contribution in [-0.4, -0.2) is 21.9 Å². The Balaban J connectivity index is 2.79. The molecule has 0 spiro atoms. The zero-order valence-corrected chi connectivity index (χ0v) is 7.70. The van der Waals surface area contributed by atoms with Crippen molar-refractivity contribution >= 4 is 5.97 Å². The molecule has 0 aliphatic rings. The fourth-order valence-corrected chi connectivity index (χ4v) is 1.07. The number of hydrogen-bond acceptors (Lipinski definition) is 2. The Morgan fingerprint density at radius 1 is 1.43 bits per heavy atom. The lowest BCUT2D eigenvalue weighted by molar-refractivity contribution is -0.149. The summed E-state index contributed by atoms with van der Waals surface area (Å²) in [5.41, 5.74) is -1.73. The molecule has 2 N–H and O–H groups in total. The molecule has 0 fully saturated rings. The third kappa shape index (κ3) is 2.45. The summed E-state index contributed by atoms with van der Waals surface area (Å²) in [5.74, 6) is -1.41. The highest BCUT2D eigenvalue weighted by Crippen LogP contribution is 2.19. The highest BCUT2D eigenvalue weighted by Gasteiger charge is 2.32. The van der Waals surface area contributed by atoms with Gasteiger partial charge in [-0.05, 0) is 24.6 Å². The number of phenolic OH excluding ortho intramolecular Hbond substituents is 1. The van der Waals surface area contributed by atoms with Crippen LogP contribution in [0.5, 0.6) is 5.75 Å². The largest absolute Gasteiger partial charge is 0.508 e. The summed E-state index contributed by atoms with van der Waals surface area (Å²) in [6.07, 6.45) is -0.206. The van der Waals surface area contributed by atoms with Crippen molar-refractivity contribution in [2.75, 3.05) is 0 Å². The van der Waals surface area contributed by atoms with Crippen LogP contribution in [0, 0.1) is 0 Å². The second kappa shape index (κ2) is 3.65. The number of carboxylic acids is 1. The average Bonchev–Trinajstić information content (AvgIpc) is 2.08. The van der Waals surface area contributed by atoms with Gasteiger partial charge in [-0.3, -0.25) is 0 Å². The van der Waals surface area contributed by atoms with Crippen molar-refractivity contribution in [3.8, 4) is 5.75 Å². The van der Waals surface area contributed by atoms with Gasteiger partial charge >= 0.3 is 5.97 Å². The van der Waals surface area contributed by atoms with Crippen LogP contribution in [0.3, 0.4) is 0 Å². The van der Waals surface area contributed by atoms with Crippen molar-refractivity contribution < 1.29 is 19.4 Å². The van der Waals surface area contributed by atoms with E-state index in [-0.39, 0.29) is 12.2 Å². The maximum absolute atomic E-state index is 13.3. The Labute approximate surface area is 80.8 Å². The van der Waals surface area contributed by atoms with Gasteiger partial charge in [0.05, 0.1) is 0 Å². The Bertz CT molecular complexity index is 330. The summed E-state index contributed by atoms with van der Waals surface area (Å²) in [4.78, 5) is 10.5. The smallest absolute Gasteiger partial charge is 0.341 e. The van der Waals surface area contributed by atoms with Crippen LogP contribution in [0.4, 0.5) is 4.39 Å². The molecule has 0 aromatic heterocycles.